The zero-order valence-electron chi connectivity index (χ0n) is 13.0. The Hall–Kier alpha value is -1.60. The highest BCUT2D eigenvalue weighted by Gasteiger charge is 2.33. The van der Waals surface area contributed by atoms with Gasteiger partial charge in [0.1, 0.15) is 0 Å². The van der Waals surface area contributed by atoms with Gasteiger partial charge < -0.3 is 4.42 Å². The number of nitrogens with zero attached hydrogens (tertiary/aromatic N) is 2. The summed E-state index contributed by atoms with van der Waals surface area (Å²) in [5, 5.41) is 0. The van der Waals surface area contributed by atoms with E-state index in [1.807, 2.05) is 0 Å². The zero-order valence-corrected chi connectivity index (χ0v) is 13.8. The summed E-state index contributed by atoms with van der Waals surface area (Å²) in [6.45, 7) is 5.35. The lowest BCUT2D eigenvalue weighted by molar-refractivity contribution is 0.196. The minimum absolute atomic E-state index is 0.175. The molecule has 0 saturated carbocycles. The summed E-state index contributed by atoms with van der Waals surface area (Å²) in [7, 11) is -1.95. The van der Waals surface area contributed by atoms with Gasteiger partial charge in [0.2, 0.25) is 10.0 Å². The van der Waals surface area contributed by atoms with Gasteiger partial charge >= 0.3 is 5.76 Å². The summed E-state index contributed by atoms with van der Waals surface area (Å²) < 4.78 is 33.4. The number of hydrogen-bond acceptors (Lipinski definition) is 4. The molecule has 0 amide bonds. The Morgan fingerprint density at radius 1 is 1.18 bits per heavy atom. The van der Waals surface area contributed by atoms with Crippen LogP contribution in [0.3, 0.4) is 0 Å². The number of aryl methyl sites for hydroxylation is 1. The lowest BCUT2D eigenvalue weighted by atomic mass is 9.83. The first-order valence-electron chi connectivity index (χ1n) is 7.30. The maximum atomic E-state index is 12.7. The van der Waals surface area contributed by atoms with Crippen LogP contribution in [-0.2, 0) is 17.1 Å². The quantitative estimate of drug-likeness (QED) is 0.846. The van der Waals surface area contributed by atoms with E-state index in [-0.39, 0.29) is 10.3 Å². The summed E-state index contributed by atoms with van der Waals surface area (Å²) in [4.78, 5) is 11.7. The van der Waals surface area contributed by atoms with Crippen LogP contribution < -0.4 is 5.76 Å². The first kappa shape index (κ1) is 15.3. The summed E-state index contributed by atoms with van der Waals surface area (Å²) >= 11 is 0. The topological polar surface area (TPSA) is 72.5 Å². The van der Waals surface area contributed by atoms with Gasteiger partial charge in [-0.25, -0.2) is 13.2 Å². The smallest absolute Gasteiger partial charge is 0.408 e. The molecule has 0 N–H and O–H groups in total. The van der Waals surface area contributed by atoms with Crippen LogP contribution in [0.4, 0.5) is 0 Å². The van der Waals surface area contributed by atoms with Crippen molar-refractivity contribution in [2.24, 2.45) is 12.5 Å². The van der Waals surface area contributed by atoms with Crippen LogP contribution >= 0.6 is 0 Å². The fraction of sp³-hybridized carbons (Fsp3) is 0.533. The number of benzene rings is 1. The van der Waals surface area contributed by atoms with E-state index in [9.17, 15) is 13.2 Å². The van der Waals surface area contributed by atoms with Crippen molar-refractivity contribution in [3.8, 4) is 0 Å². The van der Waals surface area contributed by atoms with Gasteiger partial charge in [-0.3, -0.25) is 4.57 Å². The summed E-state index contributed by atoms with van der Waals surface area (Å²) in [5.74, 6) is -0.496. The molecule has 120 valence electrons. The molecule has 1 fully saturated rings. The van der Waals surface area contributed by atoms with E-state index < -0.39 is 15.8 Å². The van der Waals surface area contributed by atoms with Gasteiger partial charge in [-0.05, 0) is 30.4 Å². The Morgan fingerprint density at radius 2 is 1.82 bits per heavy atom. The van der Waals surface area contributed by atoms with Gasteiger partial charge in [-0.15, -0.1) is 0 Å². The third kappa shape index (κ3) is 2.48. The first-order valence-corrected chi connectivity index (χ1v) is 8.74. The van der Waals surface area contributed by atoms with Gasteiger partial charge in [0.25, 0.3) is 0 Å². The molecule has 1 aliphatic heterocycles. The Labute approximate surface area is 129 Å². The molecular formula is C15H20N2O4S. The van der Waals surface area contributed by atoms with E-state index in [0.29, 0.717) is 24.2 Å². The number of oxazole rings is 1. The molecule has 0 bridgehead atoms. The predicted molar refractivity (Wildman–Crippen MR) is 83.2 cm³/mol. The summed E-state index contributed by atoms with van der Waals surface area (Å²) in [6, 6.07) is 4.58. The molecule has 0 atom stereocenters. The van der Waals surface area contributed by atoms with E-state index >= 15 is 0 Å². The highest BCUT2D eigenvalue weighted by atomic mass is 32.2. The second-order valence-corrected chi connectivity index (χ2v) is 8.56. The van der Waals surface area contributed by atoms with Crippen LogP contribution in [0.15, 0.2) is 32.3 Å². The lowest BCUT2D eigenvalue weighted by Crippen LogP contribution is -2.41. The summed E-state index contributed by atoms with van der Waals surface area (Å²) in [6.07, 6.45) is 1.68. The van der Waals surface area contributed by atoms with Gasteiger partial charge in [0.15, 0.2) is 5.58 Å². The molecule has 6 nitrogen and oxygen atoms in total. The second kappa shape index (κ2) is 4.96. The normalized spacial score (nSPS) is 19.6. The van der Waals surface area contributed by atoms with Gasteiger partial charge in [-0.1, -0.05) is 13.8 Å². The molecule has 0 aliphatic carbocycles. The third-order valence-electron chi connectivity index (χ3n) is 4.48. The minimum atomic E-state index is -3.55. The van der Waals surface area contributed by atoms with Crippen LogP contribution in [0.25, 0.3) is 11.1 Å². The second-order valence-electron chi connectivity index (χ2n) is 6.62. The van der Waals surface area contributed by atoms with Crippen molar-refractivity contribution in [3.63, 3.8) is 0 Å². The molecule has 0 radical (unpaired) electrons. The number of hydrogen-bond donors (Lipinski definition) is 0. The maximum Gasteiger partial charge on any atom is 0.419 e. The number of aromatic nitrogens is 1. The van der Waals surface area contributed by atoms with Crippen LogP contribution in [0, 0.1) is 5.41 Å². The molecule has 7 heteroatoms. The first-order chi connectivity index (χ1) is 10.2. The highest BCUT2D eigenvalue weighted by Crippen LogP contribution is 2.32. The minimum Gasteiger partial charge on any atom is -0.408 e. The van der Waals surface area contributed by atoms with Crippen molar-refractivity contribution in [3.05, 3.63) is 28.7 Å². The Bertz CT molecular complexity index is 867. The van der Waals surface area contributed by atoms with E-state index in [1.165, 1.54) is 21.0 Å². The molecule has 22 heavy (non-hydrogen) atoms. The Kier molecular flexibility index (Phi) is 3.45. The van der Waals surface area contributed by atoms with Crippen molar-refractivity contribution in [1.82, 2.24) is 8.87 Å². The average molecular weight is 324 g/mol. The fourth-order valence-corrected chi connectivity index (χ4v) is 4.21. The largest absolute Gasteiger partial charge is 0.419 e. The molecular weight excluding hydrogens is 304 g/mol. The van der Waals surface area contributed by atoms with E-state index in [4.69, 9.17) is 4.42 Å². The fourth-order valence-electron chi connectivity index (χ4n) is 2.76. The van der Waals surface area contributed by atoms with Crippen LogP contribution in [0.5, 0.6) is 0 Å². The molecule has 1 aromatic carbocycles. The van der Waals surface area contributed by atoms with Crippen molar-refractivity contribution in [1.29, 1.82) is 0 Å². The van der Waals surface area contributed by atoms with Crippen molar-refractivity contribution >= 4 is 21.1 Å². The number of rotatable bonds is 2. The standard InChI is InChI=1S/C15H20N2O4S/c1-15(2)6-8-17(9-7-15)22(19,20)11-4-5-12-13(10-11)21-14(18)16(12)3/h4-5,10H,6-9H2,1-3H3. The lowest BCUT2D eigenvalue weighted by Gasteiger charge is -2.36. The maximum absolute atomic E-state index is 12.7. The van der Waals surface area contributed by atoms with Crippen LogP contribution in [0.2, 0.25) is 0 Å². The monoisotopic (exact) mass is 324 g/mol. The van der Waals surface area contributed by atoms with E-state index in [2.05, 4.69) is 13.8 Å². The SMILES string of the molecule is Cn1c(=O)oc2cc(S(=O)(=O)N3CCC(C)(C)CC3)ccc21. The van der Waals surface area contributed by atoms with E-state index in [0.717, 1.165) is 12.8 Å². The van der Waals surface area contributed by atoms with Gasteiger partial charge in [-0.2, -0.15) is 4.31 Å². The third-order valence-corrected chi connectivity index (χ3v) is 6.37. The van der Waals surface area contributed by atoms with E-state index in [1.54, 1.807) is 13.1 Å². The Morgan fingerprint density at radius 3 is 2.45 bits per heavy atom. The molecule has 2 aromatic rings. The summed E-state index contributed by atoms with van der Waals surface area (Å²) in [5.41, 5.74) is 1.07. The molecule has 1 aliphatic rings. The molecule has 3 rings (SSSR count). The molecule has 1 aromatic heterocycles. The van der Waals surface area contributed by atoms with Crippen molar-refractivity contribution in [2.45, 2.75) is 31.6 Å². The Balaban J connectivity index is 1.97. The van der Waals surface area contributed by atoms with Gasteiger partial charge in [0.05, 0.1) is 10.4 Å². The zero-order chi connectivity index (χ0) is 16.1. The highest BCUT2D eigenvalue weighted by molar-refractivity contribution is 7.89. The molecule has 1 saturated heterocycles. The number of piperidine rings is 1. The molecule has 0 spiro atoms. The van der Waals surface area contributed by atoms with Crippen LogP contribution in [-0.4, -0.2) is 30.4 Å². The van der Waals surface area contributed by atoms with Gasteiger partial charge in [0, 0.05) is 26.2 Å². The average Bonchev–Trinajstić information content (AvgIpc) is 2.73. The van der Waals surface area contributed by atoms with Crippen LogP contribution in [0.1, 0.15) is 26.7 Å². The number of sulfonamides is 1. The predicted octanol–water partition coefficient (Wildman–Crippen LogP) is 1.94. The van der Waals surface area contributed by atoms with Crippen molar-refractivity contribution in [2.75, 3.05) is 13.1 Å². The molecule has 0 unspecified atom stereocenters. The van der Waals surface area contributed by atoms with Crippen molar-refractivity contribution < 1.29 is 12.8 Å². The number of fused-ring (bicyclic) bond motifs is 1. The molecule has 2 heterocycles.